The van der Waals surface area contributed by atoms with Gasteiger partial charge in [-0.3, -0.25) is 0 Å². The average Bonchev–Trinajstić information content (AvgIpc) is 3.23. The van der Waals surface area contributed by atoms with Crippen molar-refractivity contribution in [2.45, 2.75) is 182 Å². The number of unbranched alkanes of at least 4 members (excludes halogenated alkanes) is 3. The molecule has 0 spiro atoms. The Labute approximate surface area is 388 Å². The summed E-state index contributed by atoms with van der Waals surface area (Å²) in [6.07, 6.45) is 7.20. The predicted molar refractivity (Wildman–Crippen MR) is 286 cm³/mol. The molecule has 0 aliphatic heterocycles. The van der Waals surface area contributed by atoms with E-state index in [1.165, 1.54) is 105 Å². The minimum atomic E-state index is -1.98. The predicted octanol–water partition coefficient (Wildman–Crippen LogP) is 16.0. The van der Waals surface area contributed by atoms with Crippen LogP contribution in [0.25, 0.3) is 0 Å². The molecule has 0 aliphatic carbocycles. The van der Waals surface area contributed by atoms with E-state index in [4.69, 9.17) is 0 Å². The second-order valence-electron chi connectivity index (χ2n) is 22.4. The van der Waals surface area contributed by atoms with Gasteiger partial charge in [0.05, 0.1) is 29.9 Å². The van der Waals surface area contributed by atoms with Gasteiger partial charge in [0.1, 0.15) is 5.82 Å². The summed E-state index contributed by atoms with van der Waals surface area (Å²) in [6.45, 7) is 34.3. The zero-order valence-corrected chi connectivity index (χ0v) is 44.8. The maximum absolute atomic E-state index is 18.3. The first kappa shape index (κ1) is 50.9. The summed E-state index contributed by atoms with van der Waals surface area (Å²) in [7, 11) is -4.54. The van der Waals surface area contributed by atoms with Gasteiger partial charge in [-0.1, -0.05) is 269 Å². The first-order chi connectivity index (χ1) is 29.5. The van der Waals surface area contributed by atoms with Crippen LogP contribution in [-0.4, -0.2) is 8.07 Å². The molecule has 340 valence electrons. The Morgan fingerprint density at radius 2 is 0.683 bits per heavy atom. The number of nitrogens with zero attached hydrogens (tertiary/aromatic N) is 1. The van der Waals surface area contributed by atoms with Crippen molar-refractivity contribution in [1.29, 1.82) is 0 Å². The van der Waals surface area contributed by atoms with E-state index in [-0.39, 0.29) is 27.5 Å². The van der Waals surface area contributed by atoms with Gasteiger partial charge in [-0.25, -0.2) is 4.39 Å². The highest BCUT2D eigenvalue weighted by Gasteiger charge is 2.38. The Morgan fingerprint density at radius 1 is 0.413 bits per heavy atom. The smallest absolute Gasteiger partial charge is 0.146 e. The van der Waals surface area contributed by atoms with Crippen molar-refractivity contribution < 1.29 is 4.39 Å². The summed E-state index contributed by atoms with van der Waals surface area (Å²) in [4.78, 5) is 0. The van der Waals surface area contributed by atoms with E-state index in [0.29, 0.717) is 5.69 Å². The van der Waals surface area contributed by atoms with E-state index < -0.39 is 24.2 Å². The van der Waals surface area contributed by atoms with Crippen molar-refractivity contribution in [3.05, 3.63) is 143 Å². The summed E-state index contributed by atoms with van der Waals surface area (Å²) >= 11 is 0. The number of benzene rings is 5. The molecule has 0 aliphatic rings. The molecular formula is C58H82FNP2Si. The fourth-order valence-electron chi connectivity index (χ4n) is 8.80. The van der Waals surface area contributed by atoms with E-state index in [9.17, 15) is 0 Å². The highest BCUT2D eigenvalue weighted by atomic mass is 31.2. The van der Waals surface area contributed by atoms with Gasteiger partial charge in [0.2, 0.25) is 0 Å². The molecule has 0 amide bonds. The van der Waals surface area contributed by atoms with E-state index in [1.807, 2.05) is 6.07 Å². The molecule has 0 radical (unpaired) electrons. The van der Waals surface area contributed by atoms with Gasteiger partial charge in [0, 0.05) is 21.2 Å². The summed E-state index contributed by atoms with van der Waals surface area (Å²) in [6, 6.07) is 47.7. The molecular weight excluding hydrogens is 820 g/mol. The maximum atomic E-state index is 18.3. The van der Waals surface area contributed by atoms with Crippen molar-refractivity contribution in [1.82, 2.24) is 0 Å². The van der Waals surface area contributed by atoms with Gasteiger partial charge in [-0.15, -0.1) is 0 Å². The minimum absolute atomic E-state index is 0.0111. The van der Waals surface area contributed by atoms with Gasteiger partial charge in [0.25, 0.3) is 0 Å². The van der Waals surface area contributed by atoms with Gasteiger partial charge >= 0.3 is 0 Å². The zero-order valence-electron chi connectivity index (χ0n) is 42.1. The number of hydrogen-bond acceptors (Lipinski definition) is 1. The lowest BCUT2D eigenvalue weighted by atomic mass is 9.87. The number of anilines is 1. The lowest BCUT2D eigenvalue weighted by Gasteiger charge is -2.42. The Kier molecular flexibility index (Phi) is 17.0. The van der Waals surface area contributed by atoms with Crippen LogP contribution < -0.4 is 30.8 Å². The summed E-state index contributed by atoms with van der Waals surface area (Å²) < 4.78 is 20.8. The molecule has 0 bridgehead atoms. The van der Waals surface area contributed by atoms with Gasteiger partial charge < -0.3 is 4.44 Å². The van der Waals surface area contributed by atoms with Gasteiger partial charge in [-0.05, 0) is 56.0 Å². The highest BCUT2D eigenvalue weighted by Crippen LogP contribution is 2.58. The van der Waals surface area contributed by atoms with E-state index >= 15 is 4.39 Å². The van der Waals surface area contributed by atoms with Crippen LogP contribution in [0.5, 0.6) is 0 Å². The molecule has 0 heterocycles. The molecule has 1 nitrogen and oxygen atoms in total. The molecule has 0 saturated carbocycles. The van der Waals surface area contributed by atoms with Crippen molar-refractivity contribution in [3.63, 3.8) is 0 Å². The molecule has 5 rings (SSSR count). The lowest BCUT2D eigenvalue weighted by Crippen LogP contribution is -2.47. The normalized spacial score (nSPS) is 13.0. The van der Waals surface area contributed by atoms with Crippen molar-refractivity contribution >= 4 is 56.3 Å². The summed E-state index contributed by atoms with van der Waals surface area (Å²) in [5, 5.41) is 6.24. The second-order valence-corrected chi connectivity index (χ2v) is 31.4. The SMILES string of the molecule is CCCC[Si](CCCC)(CCCC)c1ccc(N(P(c2ccc(C(C)(C)C)cc2)c2ccc(C(C)(C)C)cc2)P(c2ccc(C(C)(C)C)cc2)c2ccc(C(C)(C)C)cc2)c(F)c1. The molecule has 63 heavy (non-hydrogen) atoms. The average molecular weight is 902 g/mol. The third kappa shape index (κ3) is 12.6. The third-order valence-corrected chi connectivity index (χ3v) is 24.0. The Bertz CT molecular complexity index is 1930. The van der Waals surface area contributed by atoms with Crippen molar-refractivity contribution in [3.8, 4) is 0 Å². The van der Waals surface area contributed by atoms with Crippen molar-refractivity contribution in [2.24, 2.45) is 0 Å². The lowest BCUT2D eigenvalue weighted by molar-refractivity contribution is 0.590. The van der Waals surface area contributed by atoms with Gasteiger partial charge in [0.15, 0.2) is 0 Å². The molecule has 0 aromatic heterocycles. The van der Waals surface area contributed by atoms with E-state index in [1.54, 1.807) is 0 Å². The molecule has 5 heteroatoms. The molecule has 0 N–H and O–H groups in total. The number of halogens is 1. The quantitative estimate of drug-likeness (QED) is 0.0664. The Morgan fingerprint density at radius 3 is 0.905 bits per heavy atom. The number of rotatable bonds is 17. The molecule has 0 unspecified atom stereocenters. The Hall–Kier alpha value is -3.09. The first-order valence-corrected chi connectivity index (χ1v) is 29.4. The fraction of sp³-hybridized carbons (Fsp3) is 0.483. The van der Waals surface area contributed by atoms with Gasteiger partial charge in [-0.2, -0.15) is 0 Å². The standard InChI is InChI=1S/C58H82FNP2Si/c1-16-19-40-63(41-20-17-2,42-21-18-3)52-38-39-54(53(59)43-52)60(61(48-30-22-44(23-31-48)55(4,5)6)49-32-24-45(25-33-49)56(7,8)9)62(50-34-26-46(27-35-50)57(10,11)12)51-36-28-47(29-37-51)58(13,14)15/h22-39,43H,16-21,40-42H2,1-15H3. The fourth-order valence-corrected chi connectivity index (χ4v) is 20.3. The minimum Gasteiger partial charge on any atom is -0.310 e. The topological polar surface area (TPSA) is 3.24 Å². The second kappa shape index (κ2) is 21.0. The van der Waals surface area contributed by atoms with Crippen LogP contribution in [0.4, 0.5) is 10.1 Å². The Balaban J connectivity index is 1.90. The van der Waals surface area contributed by atoms with Crippen molar-refractivity contribution in [2.75, 3.05) is 4.44 Å². The molecule has 5 aromatic carbocycles. The molecule has 0 atom stereocenters. The largest absolute Gasteiger partial charge is 0.310 e. The van der Waals surface area contributed by atoms with Crippen LogP contribution in [-0.2, 0) is 21.7 Å². The van der Waals surface area contributed by atoms with E-state index in [2.05, 4.69) is 217 Å². The van der Waals surface area contributed by atoms with Crippen LogP contribution >= 0.6 is 16.1 Å². The highest BCUT2D eigenvalue weighted by molar-refractivity contribution is 7.90. The first-order valence-electron chi connectivity index (χ1n) is 24.2. The number of hydrogen-bond donors (Lipinski definition) is 0. The summed E-state index contributed by atoms with van der Waals surface area (Å²) in [5.41, 5.74) is 5.96. The zero-order chi connectivity index (χ0) is 46.4. The van der Waals surface area contributed by atoms with E-state index in [0.717, 1.165) is 0 Å². The van der Waals surface area contributed by atoms with Crippen LogP contribution in [0.15, 0.2) is 115 Å². The molecule has 0 fully saturated rings. The maximum Gasteiger partial charge on any atom is 0.146 e. The monoisotopic (exact) mass is 902 g/mol. The third-order valence-electron chi connectivity index (χ3n) is 13.1. The van der Waals surface area contributed by atoms with Crippen LogP contribution in [0.2, 0.25) is 18.1 Å². The summed E-state index contributed by atoms with van der Waals surface area (Å²) in [5.74, 6) is -0.0795. The molecule has 0 saturated heterocycles. The van der Waals surface area contributed by atoms with Crippen LogP contribution in [0.3, 0.4) is 0 Å². The van der Waals surface area contributed by atoms with Crippen LogP contribution in [0.1, 0.15) is 165 Å². The molecule has 5 aromatic rings. The van der Waals surface area contributed by atoms with Crippen LogP contribution in [0, 0.1) is 5.82 Å².